The highest BCUT2D eigenvalue weighted by Crippen LogP contribution is 2.16. The van der Waals surface area contributed by atoms with E-state index in [0.717, 1.165) is 11.1 Å². The Morgan fingerprint density at radius 3 is 2.20 bits per heavy atom. The Morgan fingerprint density at radius 2 is 1.67 bits per heavy atom. The van der Waals surface area contributed by atoms with Gasteiger partial charge in [0.1, 0.15) is 0 Å². The second-order valence-electron chi connectivity index (χ2n) is 4.13. The summed E-state index contributed by atoms with van der Waals surface area (Å²) in [7, 11) is 1.80. The van der Waals surface area contributed by atoms with E-state index in [1.165, 1.54) is 11.1 Å². The number of carbonyl (C=O) groups excluding carboxylic acids is 1. The summed E-state index contributed by atoms with van der Waals surface area (Å²) in [6, 6.07) is 3.94. The zero-order chi connectivity index (χ0) is 11.6. The van der Waals surface area contributed by atoms with Crippen LogP contribution in [0.4, 0.5) is 0 Å². The van der Waals surface area contributed by atoms with Crippen LogP contribution in [-0.4, -0.2) is 18.9 Å². The maximum absolute atomic E-state index is 12.0. The zero-order valence-corrected chi connectivity index (χ0v) is 10.1. The van der Waals surface area contributed by atoms with E-state index in [4.69, 9.17) is 0 Å². The monoisotopic (exact) mass is 205 g/mol. The molecule has 1 N–H and O–H groups in total. The summed E-state index contributed by atoms with van der Waals surface area (Å²) >= 11 is 0. The standard InChI is InChI=1S/C13H19NO/c1-8-6-10(3)12(7-9(8)2)13(15)11(4)14-5/h6-7,11,14H,1-5H3/t11-/m0/s1. The first-order valence-corrected chi connectivity index (χ1v) is 5.26. The Balaban J connectivity index is 3.15. The summed E-state index contributed by atoms with van der Waals surface area (Å²) in [4.78, 5) is 12.0. The second-order valence-corrected chi connectivity index (χ2v) is 4.13. The summed E-state index contributed by atoms with van der Waals surface area (Å²) in [5.74, 6) is 0.165. The van der Waals surface area contributed by atoms with E-state index in [0.29, 0.717) is 0 Å². The minimum Gasteiger partial charge on any atom is -0.310 e. The Bertz CT molecular complexity index is 382. The molecule has 0 spiro atoms. The van der Waals surface area contributed by atoms with E-state index in [1.54, 1.807) is 7.05 Å². The van der Waals surface area contributed by atoms with Crippen LogP contribution in [0, 0.1) is 20.8 Å². The van der Waals surface area contributed by atoms with Gasteiger partial charge in [-0.3, -0.25) is 4.79 Å². The normalized spacial score (nSPS) is 12.6. The molecule has 15 heavy (non-hydrogen) atoms. The minimum atomic E-state index is -0.120. The van der Waals surface area contributed by atoms with Crippen LogP contribution >= 0.6 is 0 Å². The van der Waals surface area contributed by atoms with Crippen molar-refractivity contribution < 1.29 is 4.79 Å². The number of benzene rings is 1. The number of hydrogen-bond acceptors (Lipinski definition) is 2. The summed E-state index contributed by atoms with van der Waals surface area (Å²) in [6.45, 7) is 7.98. The number of Topliss-reactive ketones (excluding diaryl/α,β-unsaturated/α-hetero) is 1. The van der Waals surface area contributed by atoms with Crippen molar-refractivity contribution in [2.75, 3.05) is 7.05 Å². The van der Waals surface area contributed by atoms with Crippen molar-refractivity contribution in [1.29, 1.82) is 0 Å². The van der Waals surface area contributed by atoms with Crippen molar-refractivity contribution in [2.24, 2.45) is 0 Å². The first-order chi connectivity index (χ1) is 6.97. The van der Waals surface area contributed by atoms with Gasteiger partial charge in [-0.25, -0.2) is 0 Å². The van der Waals surface area contributed by atoms with Gasteiger partial charge in [0.25, 0.3) is 0 Å². The SMILES string of the molecule is CN[C@@H](C)C(=O)c1cc(C)c(C)cc1C. The van der Waals surface area contributed by atoms with Gasteiger partial charge in [-0.2, -0.15) is 0 Å². The topological polar surface area (TPSA) is 29.1 Å². The van der Waals surface area contributed by atoms with Gasteiger partial charge in [-0.1, -0.05) is 6.07 Å². The molecule has 0 amide bonds. The first-order valence-electron chi connectivity index (χ1n) is 5.26. The molecular formula is C13H19NO. The summed E-state index contributed by atoms with van der Waals surface area (Å²) in [5.41, 5.74) is 4.30. The molecule has 0 aliphatic rings. The van der Waals surface area contributed by atoms with Crippen LogP contribution in [0.5, 0.6) is 0 Å². The molecule has 1 aromatic rings. The fourth-order valence-electron chi connectivity index (χ4n) is 1.59. The molecule has 0 fully saturated rings. The molecule has 0 aliphatic carbocycles. The van der Waals surface area contributed by atoms with E-state index < -0.39 is 0 Å². The Morgan fingerprint density at radius 1 is 1.13 bits per heavy atom. The highest BCUT2D eigenvalue weighted by molar-refractivity contribution is 6.01. The molecule has 0 heterocycles. The van der Waals surface area contributed by atoms with Crippen LogP contribution in [0.15, 0.2) is 12.1 Å². The lowest BCUT2D eigenvalue weighted by atomic mass is 9.95. The van der Waals surface area contributed by atoms with Crippen LogP contribution in [0.1, 0.15) is 34.0 Å². The molecule has 1 atom stereocenters. The quantitative estimate of drug-likeness (QED) is 0.768. The van der Waals surface area contributed by atoms with Crippen LogP contribution in [0.25, 0.3) is 0 Å². The Hall–Kier alpha value is -1.15. The number of rotatable bonds is 3. The number of nitrogens with one attached hydrogen (secondary N) is 1. The van der Waals surface area contributed by atoms with Crippen molar-refractivity contribution in [3.05, 3.63) is 34.4 Å². The van der Waals surface area contributed by atoms with Crippen molar-refractivity contribution in [3.8, 4) is 0 Å². The molecule has 1 rings (SSSR count). The fourth-order valence-corrected chi connectivity index (χ4v) is 1.59. The third kappa shape index (κ3) is 2.45. The van der Waals surface area contributed by atoms with Gasteiger partial charge in [-0.15, -0.1) is 0 Å². The molecule has 0 saturated heterocycles. The third-order valence-electron chi connectivity index (χ3n) is 2.93. The lowest BCUT2D eigenvalue weighted by Crippen LogP contribution is -2.31. The van der Waals surface area contributed by atoms with Crippen LogP contribution in [0.2, 0.25) is 0 Å². The van der Waals surface area contributed by atoms with Gasteiger partial charge < -0.3 is 5.32 Å². The average molecular weight is 205 g/mol. The number of carbonyl (C=O) groups is 1. The maximum atomic E-state index is 12.0. The van der Waals surface area contributed by atoms with Crippen molar-refractivity contribution in [1.82, 2.24) is 5.32 Å². The molecule has 0 aliphatic heterocycles. The molecule has 1 aromatic carbocycles. The Kier molecular flexibility index (Phi) is 3.64. The van der Waals surface area contributed by atoms with E-state index in [2.05, 4.69) is 18.3 Å². The number of aryl methyl sites for hydroxylation is 3. The van der Waals surface area contributed by atoms with E-state index in [-0.39, 0.29) is 11.8 Å². The predicted octanol–water partition coefficient (Wildman–Crippen LogP) is 2.40. The van der Waals surface area contributed by atoms with E-state index in [1.807, 2.05) is 26.8 Å². The molecule has 0 aromatic heterocycles. The van der Waals surface area contributed by atoms with Gasteiger partial charge in [0, 0.05) is 5.56 Å². The summed E-state index contributed by atoms with van der Waals surface area (Å²) < 4.78 is 0. The van der Waals surface area contributed by atoms with Crippen molar-refractivity contribution >= 4 is 5.78 Å². The van der Waals surface area contributed by atoms with Gasteiger partial charge in [0.05, 0.1) is 6.04 Å². The number of likely N-dealkylation sites (N-methyl/N-ethyl adjacent to an activating group) is 1. The number of hydrogen-bond donors (Lipinski definition) is 1. The van der Waals surface area contributed by atoms with Gasteiger partial charge >= 0.3 is 0 Å². The second kappa shape index (κ2) is 4.58. The van der Waals surface area contributed by atoms with Crippen LogP contribution in [-0.2, 0) is 0 Å². The van der Waals surface area contributed by atoms with Crippen LogP contribution in [0.3, 0.4) is 0 Å². The lowest BCUT2D eigenvalue weighted by Gasteiger charge is -2.13. The van der Waals surface area contributed by atoms with Crippen molar-refractivity contribution in [2.45, 2.75) is 33.7 Å². The minimum absolute atomic E-state index is 0.120. The summed E-state index contributed by atoms with van der Waals surface area (Å²) in [6.07, 6.45) is 0. The molecule has 0 saturated carbocycles. The van der Waals surface area contributed by atoms with Crippen LogP contribution < -0.4 is 5.32 Å². The predicted molar refractivity (Wildman–Crippen MR) is 63.5 cm³/mol. The smallest absolute Gasteiger partial charge is 0.179 e. The maximum Gasteiger partial charge on any atom is 0.179 e. The Labute approximate surface area is 91.7 Å². The lowest BCUT2D eigenvalue weighted by molar-refractivity contribution is 0.0954. The van der Waals surface area contributed by atoms with E-state index in [9.17, 15) is 4.79 Å². The molecule has 82 valence electrons. The first kappa shape index (κ1) is 11.9. The van der Waals surface area contributed by atoms with Gasteiger partial charge in [0.2, 0.25) is 0 Å². The highest BCUT2D eigenvalue weighted by atomic mass is 16.1. The van der Waals surface area contributed by atoms with Crippen molar-refractivity contribution in [3.63, 3.8) is 0 Å². The average Bonchev–Trinajstić information content (AvgIpc) is 2.21. The van der Waals surface area contributed by atoms with E-state index >= 15 is 0 Å². The largest absolute Gasteiger partial charge is 0.310 e. The van der Waals surface area contributed by atoms with Gasteiger partial charge in [0.15, 0.2) is 5.78 Å². The fraction of sp³-hybridized carbons (Fsp3) is 0.462. The number of ketones is 1. The molecule has 2 nitrogen and oxygen atoms in total. The zero-order valence-electron chi connectivity index (χ0n) is 10.1. The molecule has 0 unspecified atom stereocenters. The summed E-state index contributed by atoms with van der Waals surface area (Å²) in [5, 5.41) is 2.97. The molecule has 0 bridgehead atoms. The molecule has 2 heteroatoms. The van der Waals surface area contributed by atoms with Gasteiger partial charge in [-0.05, 0) is 57.5 Å². The highest BCUT2D eigenvalue weighted by Gasteiger charge is 2.15. The molecule has 0 radical (unpaired) electrons. The molecular weight excluding hydrogens is 186 g/mol. The third-order valence-corrected chi connectivity index (χ3v) is 2.93.